The molecule has 1 saturated carbocycles. The molecule has 0 aromatic heterocycles. The van der Waals surface area contributed by atoms with Crippen molar-refractivity contribution in [2.45, 2.75) is 12.3 Å². The van der Waals surface area contributed by atoms with Gasteiger partial charge in [0.1, 0.15) is 11.3 Å². The second-order valence-corrected chi connectivity index (χ2v) is 8.26. The standard InChI is InChI=1S/C24H22N6O/c1-3-10-30-20-8-6-5-7-17(20)24(22(30)31)18(12-25)21(28)23(14-26,15-27)16-9-11-29(4-2)13-19(16)24/h3,5-9,18-19,28H,1,4,10-11,13H2,2H3/p+1/t18-,19-,24+/m0/s1. The zero-order valence-electron chi connectivity index (χ0n) is 17.4. The number of amides is 1. The summed E-state index contributed by atoms with van der Waals surface area (Å²) < 4.78 is 0. The fourth-order valence-corrected chi connectivity index (χ4v) is 5.66. The van der Waals surface area contributed by atoms with E-state index in [0.29, 0.717) is 29.9 Å². The van der Waals surface area contributed by atoms with Crippen LogP contribution in [0.5, 0.6) is 0 Å². The molecule has 1 amide bonds. The summed E-state index contributed by atoms with van der Waals surface area (Å²) in [6.45, 7) is 8.03. The number of benzene rings is 1. The molecule has 4 atom stereocenters. The van der Waals surface area contributed by atoms with E-state index in [1.165, 1.54) is 4.90 Å². The van der Waals surface area contributed by atoms with Crippen molar-refractivity contribution < 1.29 is 9.69 Å². The zero-order chi connectivity index (χ0) is 22.4. The van der Waals surface area contributed by atoms with Crippen molar-refractivity contribution in [1.29, 1.82) is 21.2 Å². The maximum Gasteiger partial charge on any atom is 0.240 e. The topological polar surface area (TPSA) is 120 Å². The summed E-state index contributed by atoms with van der Waals surface area (Å²) in [6.07, 6.45) is 3.49. The molecule has 1 fully saturated rings. The summed E-state index contributed by atoms with van der Waals surface area (Å²) in [6, 6.07) is 13.6. The van der Waals surface area contributed by atoms with Gasteiger partial charge in [0.2, 0.25) is 11.3 Å². The minimum absolute atomic E-state index is 0.261. The lowest BCUT2D eigenvalue weighted by atomic mass is 9.48. The van der Waals surface area contributed by atoms with E-state index in [1.807, 2.05) is 49.4 Å². The van der Waals surface area contributed by atoms with Gasteiger partial charge in [-0.15, -0.1) is 6.58 Å². The van der Waals surface area contributed by atoms with E-state index >= 15 is 0 Å². The Bertz CT molecular complexity index is 1130. The Kier molecular flexibility index (Phi) is 4.77. The number of quaternary nitrogens is 1. The van der Waals surface area contributed by atoms with E-state index in [-0.39, 0.29) is 18.2 Å². The number of nitrogens with zero attached hydrogens (tertiary/aromatic N) is 4. The molecule has 3 aliphatic rings. The lowest BCUT2D eigenvalue weighted by Gasteiger charge is -2.50. The number of fused-ring (bicyclic) bond motifs is 4. The minimum Gasteiger partial charge on any atom is -0.331 e. The average Bonchev–Trinajstić information content (AvgIpc) is 3.04. The van der Waals surface area contributed by atoms with Crippen LogP contribution in [0.1, 0.15) is 12.5 Å². The summed E-state index contributed by atoms with van der Waals surface area (Å²) >= 11 is 0. The number of hydrogen-bond donors (Lipinski definition) is 2. The summed E-state index contributed by atoms with van der Waals surface area (Å²) in [5.41, 5.74) is -1.58. The van der Waals surface area contributed by atoms with Gasteiger partial charge in [-0.05, 0) is 30.2 Å². The second-order valence-electron chi connectivity index (χ2n) is 8.26. The van der Waals surface area contributed by atoms with E-state index in [1.54, 1.807) is 11.0 Å². The molecular formula is C24H23N6O+. The SMILES string of the molecule is C=CCN1C(=O)[C@]2(c3ccccc31)[C@@H](C#N)C(=N)C(C#N)(C#N)C1=CC[NH+](CC)C[C@@H]12. The van der Waals surface area contributed by atoms with Crippen molar-refractivity contribution in [1.82, 2.24) is 0 Å². The first kappa shape index (κ1) is 20.5. The van der Waals surface area contributed by atoms with Gasteiger partial charge in [-0.3, -0.25) is 4.79 Å². The third kappa shape index (κ3) is 2.34. The molecule has 1 unspecified atom stereocenters. The van der Waals surface area contributed by atoms with Crippen LogP contribution in [0, 0.1) is 56.7 Å². The summed E-state index contributed by atoms with van der Waals surface area (Å²) in [5.74, 6) is -2.01. The predicted octanol–water partition coefficient (Wildman–Crippen LogP) is 1.12. The van der Waals surface area contributed by atoms with Gasteiger partial charge in [-0.1, -0.05) is 24.3 Å². The van der Waals surface area contributed by atoms with E-state index in [4.69, 9.17) is 5.41 Å². The minimum atomic E-state index is -1.82. The highest BCUT2D eigenvalue weighted by atomic mass is 16.2. The molecule has 2 heterocycles. The highest BCUT2D eigenvalue weighted by molar-refractivity contribution is 6.15. The van der Waals surface area contributed by atoms with Crippen molar-refractivity contribution in [2.24, 2.45) is 17.3 Å². The number of likely N-dealkylation sites (N-methyl/N-ethyl adjacent to an activating group) is 1. The van der Waals surface area contributed by atoms with Crippen molar-refractivity contribution in [2.75, 3.05) is 31.1 Å². The molecule has 154 valence electrons. The van der Waals surface area contributed by atoms with Crippen molar-refractivity contribution in [3.63, 3.8) is 0 Å². The van der Waals surface area contributed by atoms with Crippen LogP contribution in [-0.2, 0) is 10.2 Å². The van der Waals surface area contributed by atoms with Crippen LogP contribution in [0.3, 0.4) is 0 Å². The summed E-state index contributed by atoms with van der Waals surface area (Å²) in [4.78, 5) is 16.9. The van der Waals surface area contributed by atoms with Gasteiger partial charge in [0.25, 0.3) is 0 Å². The number of hydrogen-bond acceptors (Lipinski definition) is 5. The molecule has 31 heavy (non-hydrogen) atoms. The van der Waals surface area contributed by atoms with Gasteiger partial charge in [0.15, 0.2) is 0 Å². The van der Waals surface area contributed by atoms with E-state index in [2.05, 4.69) is 12.6 Å². The lowest BCUT2D eigenvalue weighted by molar-refractivity contribution is -0.897. The number of nitrogens with one attached hydrogen (secondary N) is 2. The summed E-state index contributed by atoms with van der Waals surface area (Å²) in [7, 11) is 0. The molecule has 1 aromatic carbocycles. The monoisotopic (exact) mass is 411 g/mol. The molecule has 0 saturated heterocycles. The van der Waals surface area contributed by atoms with Crippen LogP contribution < -0.4 is 9.80 Å². The first-order valence-corrected chi connectivity index (χ1v) is 10.3. The smallest absolute Gasteiger partial charge is 0.240 e. The maximum atomic E-state index is 14.1. The zero-order valence-corrected chi connectivity index (χ0v) is 17.4. The second kappa shape index (κ2) is 7.20. The van der Waals surface area contributed by atoms with E-state index in [9.17, 15) is 20.6 Å². The molecule has 0 radical (unpaired) electrons. The quantitative estimate of drug-likeness (QED) is 0.724. The van der Waals surface area contributed by atoms with Crippen LogP contribution in [0.4, 0.5) is 5.69 Å². The van der Waals surface area contributed by atoms with Gasteiger partial charge < -0.3 is 15.2 Å². The molecule has 2 aliphatic heterocycles. The Morgan fingerprint density at radius 2 is 2.03 bits per heavy atom. The van der Waals surface area contributed by atoms with Crippen LogP contribution in [0.25, 0.3) is 0 Å². The molecular weight excluding hydrogens is 388 g/mol. The number of carbonyl (C=O) groups is 1. The normalized spacial score (nSPS) is 30.5. The number of carbonyl (C=O) groups excluding carboxylic acids is 1. The number of anilines is 1. The Morgan fingerprint density at radius 1 is 1.32 bits per heavy atom. The molecule has 7 nitrogen and oxygen atoms in total. The van der Waals surface area contributed by atoms with Gasteiger partial charge >= 0.3 is 0 Å². The Morgan fingerprint density at radius 3 is 2.65 bits per heavy atom. The van der Waals surface area contributed by atoms with Crippen molar-refractivity contribution in [3.8, 4) is 18.2 Å². The Labute approximate surface area is 181 Å². The molecule has 2 N–H and O–H groups in total. The predicted molar refractivity (Wildman–Crippen MR) is 114 cm³/mol. The number of nitriles is 3. The Hall–Kier alpha value is -3.73. The van der Waals surface area contributed by atoms with Crippen LogP contribution in [0.15, 0.2) is 48.6 Å². The van der Waals surface area contributed by atoms with Gasteiger partial charge in [-0.2, -0.15) is 15.8 Å². The highest BCUT2D eigenvalue weighted by Crippen LogP contribution is 2.59. The maximum absolute atomic E-state index is 14.1. The number of rotatable bonds is 3. The van der Waals surface area contributed by atoms with E-state index in [0.717, 1.165) is 6.54 Å². The van der Waals surface area contributed by atoms with Crippen molar-refractivity contribution in [3.05, 3.63) is 54.1 Å². The fourth-order valence-electron chi connectivity index (χ4n) is 5.66. The molecule has 7 heteroatoms. The largest absolute Gasteiger partial charge is 0.331 e. The van der Waals surface area contributed by atoms with Crippen molar-refractivity contribution >= 4 is 17.3 Å². The lowest BCUT2D eigenvalue weighted by Crippen LogP contribution is -3.13. The first-order valence-electron chi connectivity index (χ1n) is 10.3. The highest BCUT2D eigenvalue weighted by Gasteiger charge is 2.70. The molecule has 1 aromatic rings. The molecule has 4 rings (SSSR count). The van der Waals surface area contributed by atoms with Crippen LogP contribution in [-0.4, -0.2) is 37.8 Å². The van der Waals surface area contributed by atoms with Crippen LogP contribution >= 0.6 is 0 Å². The van der Waals surface area contributed by atoms with Gasteiger partial charge in [0, 0.05) is 12.2 Å². The molecule has 0 bridgehead atoms. The third-order valence-corrected chi connectivity index (χ3v) is 7.13. The molecule has 1 aliphatic carbocycles. The van der Waals surface area contributed by atoms with Gasteiger partial charge in [-0.25, -0.2) is 0 Å². The van der Waals surface area contributed by atoms with Gasteiger partial charge in [0.05, 0.1) is 49.5 Å². The number of para-hydroxylation sites is 1. The Balaban J connectivity index is 2.09. The third-order valence-electron chi connectivity index (χ3n) is 7.13. The fraction of sp³-hybridized carbons (Fsp3) is 0.375. The molecule has 1 spiro atoms. The average molecular weight is 411 g/mol. The van der Waals surface area contributed by atoms with E-state index < -0.39 is 22.7 Å². The first-order chi connectivity index (χ1) is 15.0. The summed E-state index contributed by atoms with van der Waals surface area (Å²) in [5, 5.41) is 39.2. The van der Waals surface area contributed by atoms with Crippen LogP contribution in [0.2, 0.25) is 0 Å².